The number of imide groups is 1. The summed E-state index contributed by atoms with van der Waals surface area (Å²) in [5.74, 6) is -0.414. The van der Waals surface area contributed by atoms with Crippen molar-refractivity contribution < 1.29 is 19.2 Å². The van der Waals surface area contributed by atoms with Crippen molar-refractivity contribution in [1.82, 2.24) is 0 Å². The zero-order chi connectivity index (χ0) is 19.8. The molecule has 1 aliphatic rings. The van der Waals surface area contributed by atoms with Crippen LogP contribution in [0.25, 0.3) is 0 Å². The normalized spacial score (nSPS) is 12.8. The van der Waals surface area contributed by atoms with Gasteiger partial charge in [0.15, 0.2) is 0 Å². The molecule has 0 spiro atoms. The van der Waals surface area contributed by atoms with Crippen molar-refractivity contribution in [1.29, 1.82) is 0 Å². The van der Waals surface area contributed by atoms with Crippen molar-refractivity contribution in [3.63, 3.8) is 0 Å². The molecule has 1 aliphatic heterocycles. The van der Waals surface area contributed by atoms with Crippen LogP contribution in [0.2, 0.25) is 5.02 Å². The predicted octanol–water partition coefficient (Wildman–Crippen LogP) is 4.84. The number of nitro benzene ring substituents is 1. The SMILES string of the molecule is O=C1c2cccc([N+](=O)[O-])c2C(=O)N1c1ccc(Oc2ccccc2Cl)cc1. The first-order chi connectivity index (χ1) is 13.5. The zero-order valence-corrected chi connectivity index (χ0v) is 14.9. The van der Waals surface area contributed by atoms with Crippen molar-refractivity contribution in [3.05, 3.63) is 93.0 Å². The highest BCUT2D eigenvalue weighted by atomic mass is 35.5. The van der Waals surface area contributed by atoms with Crippen LogP contribution in [0, 0.1) is 10.1 Å². The molecule has 2 amide bonds. The zero-order valence-electron chi connectivity index (χ0n) is 14.2. The molecule has 1 heterocycles. The third kappa shape index (κ3) is 2.87. The molecule has 0 radical (unpaired) electrons. The Balaban J connectivity index is 1.64. The van der Waals surface area contributed by atoms with E-state index in [1.807, 2.05) is 0 Å². The van der Waals surface area contributed by atoms with E-state index in [0.29, 0.717) is 16.5 Å². The number of carbonyl (C=O) groups is 2. The van der Waals surface area contributed by atoms with Gasteiger partial charge in [-0.3, -0.25) is 19.7 Å². The standard InChI is InChI=1S/C20H11ClN2O5/c21-15-5-1-2-7-17(15)28-13-10-8-12(9-11-13)22-19(24)14-4-3-6-16(23(26)27)18(14)20(22)25/h1-11H. The monoisotopic (exact) mass is 394 g/mol. The van der Waals surface area contributed by atoms with E-state index in [-0.39, 0.29) is 16.8 Å². The lowest BCUT2D eigenvalue weighted by Crippen LogP contribution is -2.29. The number of nitro groups is 1. The maximum absolute atomic E-state index is 12.7. The minimum atomic E-state index is -0.730. The number of hydrogen-bond donors (Lipinski definition) is 0. The summed E-state index contributed by atoms with van der Waals surface area (Å²) in [7, 11) is 0. The van der Waals surface area contributed by atoms with Crippen LogP contribution >= 0.6 is 11.6 Å². The number of rotatable bonds is 4. The van der Waals surface area contributed by atoms with E-state index in [0.717, 1.165) is 4.90 Å². The third-order valence-electron chi connectivity index (χ3n) is 4.25. The second-order valence-electron chi connectivity index (χ2n) is 5.93. The first-order valence-electron chi connectivity index (χ1n) is 8.16. The van der Waals surface area contributed by atoms with Gasteiger partial charge in [-0.15, -0.1) is 0 Å². The topological polar surface area (TPSA) is 89.8 Å². The number of carbonyl (C=O) groups excluding carboxylic acids is 2. The molecule has 28 heavy (non-hydrogen) atoms. The molecule has 0 bridgehead atoms. The number of anilines is 1. The second-order valence-corrected chi connectivity index (χ2v) is 6.34. The van der Waals surface area contributed by atoms with Crippen LogP contribution in [0.1, 0.15) is 20.7 Å². The molecule has 0 atom stereocenters. The first-order valence-corrected chi connectivity index (χ1v) is 8.54. The number of para-hydroxylation sites is 1. The first kappa shape index (κ1) is 17.7. The van der Waals surface area contributed by atoms with Gasteiger partial charge in [-0.2, -0.15) is 0 Å². The molecule has 0 saturated carbocycles. The van der Waals surface area contributed by atoms with Gasteiger partial charge in [-0.25, -0.2) is 4.90 Å². The van der Waals surface area contributed by atoms with E-state index in [4.69, 9.17) is 16.3 Å². The number of halogens is 1. The van der Waals surface area contributed by atoms with Crippen molar-refractivity contribution >= 4 is 34.8 Å². The molecule has 0 aliphatic carbocycles. The summed E-state index contributed by atoms with van der Waals surface area (Å²) in [6.45, 7) is 0. The molecule has 8 heteroatoms. The molecule has 0 N–H and O–H groups in total. The summed E-state index contributed by atoms with van der Waals surface area (Å²) in [5.41, 5.74) is -0.298. The third-order valence-corrected chi connectivity index (χ3v) is 4.56. The highest BCUT2D eigenvalue weighted by Gasteiger charge is 2.41. The molecule has 0 fully saturated rings. The van der Waals surface area contributed by atoms with E-state index < -0.39 is 22.4 Å². The number of hydrogen-bond acceptors (Lipinski definition) is 5. The summed E-state index contributed by atoms with van der Waals surface area (Å²) in [4.78, 5) is 36.8. The summed E-state index contributed by atoms with van der Waals surface area (Å²) in [6, 6.07) is 17.2. The summed E-state index contributed by atoms with van der Waals surface area (Å²) in [6.07, 6.45) is 0. The summed E-state index contributed by atoms with van der Waals surface area (Å²) >= 11 is 6.06. The van der Waals surface area contributed by atoms with Crippen LogP contribution in [-0.2, 0) is 0 Å². The molecule has 3 aromatic rings. The number of benzene rings is 3. The Kier molecular flexibility index (Phi) is 4.29. The van der Waals surface area contributed by atoms with Gasteiger partial charge in [0.05, 0.1) is 21.2 Å². The van der Waals surface area contributed by atoms with E-state index in [2.05, 4.69) is 0 Å². The molecule has 3 aromatic carbocycles. The van der Waals surface area contributed by atoms with Crippen LogP contribution in [0.4, 0.5) is 11.4 Å². The molecule has 7 nitrogen and oxygen atoms in total. The number of fused-ring (bicyclic) bond motifs is 1. The van der Waals surface area contributed by atoms with Crippen LogP contribution in [-0.4, -0.2) is 16.7 Å². The smallest absolute Gasteiger partial charge is 0.283 e. The van der Waals surface area contributed by atoms with Crippen LogP contribution in [0.3, 0.4) is 0 Å². The van der Waals surface area contributed by atoms with E-state index >= 15 is 0 Å². The Morgan fingerprint density at radius 2 is 1.61 bits per heavy atom. The van der Waals surface area contributed by atoms with Crippen molar-refractivity contribution in [2.24, 2.45) is 0 Å². The Morgan fingerprint density at radius 1 is 0.893 bits per heavy atom. The highest BCUT2D eigenvalue weighted by Crippen LogP contribution is 2.35. The van der Waals surface area contributed by atoms with Gasteiger partial charge in [0.2, 0.25) is 0 Å². The Labute approximate surface area is 163 Å². The Bertz CT molecular complexity index is 1130. The molecule has 0 unspecified atom stereocenters. The largest absolute Gasteiger partial charge is 0.456 e. The van der Waals surface area contributed by atoms with Gasteiger partial charge < -0.3 is 4.74 Å². The number of amides is 2. The number of nitrogens with zero attached hydrogens (tertiary/aromatic N) is 2. The average molecular weight is 395 g/mol. The Morgan fingerprint density at radius 3 is 2.29 bits per heavy atom. The molecular formula is C20H11ClN2O5. The molecule has 138 valence electrons. The average Bonchev–Trinajstić information content (AvgIpc) is 2.95. The minimum Gasteiger partial charge on any atom is -0.456 e. The lowest BCUT2D eigenvalue weighted by molar-refractivity contribution is -0.385. The minimum absolute atomic E-state index is 0.00981. The van der Waals surface area contributed by atoms with E-state index in [1.165, 1.54) is 30.3 Å². The van der Waals surface area contributed by atoms with E-state index in [9.17, 15) is 19.7 Å². The van der Waals surface area contributed by atoms with E-state index in [1.54, 1.807) is 36.4 Å². The maximum Gasteiger partial charge on any atom is 0.283 e. The van der Waals surface area contributed by atoms with Crippen LogP contribution < -0.4 is 9.64 Å². The summed E-state index contributed by atoms with van der Waals surface area (Å²) < 4.78 is 5.68. The fourth-order valence-corrected chi connectivity index (χ4v) is 3.15. The predicted molar refractivity (Wildman–Crippen MR) is 102 cm³/mol. The summed E-state index contributed by atoms with van der Waals surface area (Å²) in [5, 5.41) is 11.6. The molecule has 4 rings (SSSR count). The molecule has 0 aromatic heterocycles. The quantitative estimate of drug-likeness (QED) is 0.359. The fourth-order valence-electron chi connectivity index (χ4n) is 2.97. The molecular weight excluding hydrogens is 384 g/mol. The lowest BCUT2D eigenvalue weighted by atomic mass is 10.1. The van der Waals surface area contributed by atoms with Gasteiger partial charge >= 0.3 is 0 Å². The van der Waals surface area contributed by atoms with Gasteiger partial charge in [0.1, 0.15) is 17.1 Å². The van der Waals surface area contributed by atoms with Gasteiger partial charge in [0.25, 0.3) is 17.5 Å². The van der Waals surface area contributed by atoms with Gasteiger partial charge in [0, 0.05) is 6.07 Å². The number of ether oxygens (including phenoxy) is 1. The van der Waals surface area contributed by atoms with Gasteiger partial charge in [-0.1, -0.05) is 29.8 Å². The van der Waals surface area contributed by atoms with Crippen LogP contribution in [0.15, 0.2) is 66.7 Å². The van der Waals surface area contributed by atoms with Crippen molar-refractivity contribution in [2.75, 3.05) is 4.90 Å². The second kappa shape index (κ2) is 6.79. The van der Waals surface area contributed by atoms with Crippen LogP contribution in [0.5, 0.6) is 11.5 Å². The lowest BCUT2D eigenvalue weighted by Gasteiger charge is -2.14. The molecule has 0 saturated heterocycles. The van der Waals surface area contributed by atoms with Gasteiger partial charge in [-0.05, 0) is 42.5 Å². The maximum atomic E-state index is 12.7. The van der Waals surface area contributed by atoms with Crippen molar-refractivity contribution in [3.8, 4) is 11.5 Å². The fraction of sp³-hybridized carbons (Fsp3) is 0. The highest BCUT2D eigenvalue weighted by molar-refractivity contribution is 6.35. The van der Waals surface area contributed by atoms with Crippen molar-refractivity contribution in [2.45, 2.75) is 0 Å². The Hall–Kier alpha value is -3.71.